The maximum absolute atomic E-state index is 14.5. The molecule has 2 heterocycles. The van der Waals surface area contributed by atoms with Crippen LogP contribution in [0.4, 0.5) is 10.2 Å². The first-order valence-electron chi connectivity index (χ1n) is 8.35. The number of ketones is 1. The van der Waals surface area contributed by atoms with Crippen LogP contribution in [0, 0.1) is 5.82 Å². The number of nitrogens with zero attached hydrogens (tertiary/aromatic N) is 1. The number of carbonyl (C=O) groups excluding carboxylic acids is 1. The largest absolute Gasteiger partial charge is 0.494 e. The normalized spacial score (nSPS) is 15.2. The average molecular weight is 348 g/mol. The van der Waals surface area contributed by atoms with E-state index in [9.17, 15) is 9.18 Å². The highest BCUT2D eigenvalue weighted by Crippen LogP contribution is 2.36. The van der Waals surface area contributed by atoms with Crippen LogP contribution in [0.25, 0.3) is 11.1 Å². The summed E-state index contributed by atoms with van der Waals surface area (Å²) >= 11 is 0. The van der Waals surface area contributed by atoms with E-state index < -0.39 is 11.7 Å². The number of hydrogen-bond donors (Lipinski definition) is 1. The van der Waals surface area contributed by atoms with E-state index in [0.717, 1.165) is 16.7 Å². The number of rotatable bonds is 4. The smallest absolute Gasteiger partial charge is 0.175 e. The minimum Gasteiger partial charge on any atom is -0.494 e. The Labute approximate surface area is 150 Å². The van der Waals surface area contributed by atoms with E-state index in [-0.39, 0.29) is 17.1 Å². The van der Waals surface area contributed by atoms with Crippen LogP contribution in [0.3, 0.4) is 0 Å². The number of aromatic nitrogens is 1. The van der Waals surface area contributed by atoms with Crippen molar-refractivity contribution in [2.75, 3.05) is 19.0 Å². The zero-order valence-corrected chi connectivity index (χ0v) is 14.2. The quantitative estimate of drug-likeness (QED) is 0.715. The Morgan fingerprint density at radius 3 is 2.73 bits per heavy atom. The van der Waals surface area contributed by atoms with Gasteiger partial charge >= 0.3 is 0 Å². The lowest BCUT2D eigenvalue weighted by Crippen LogP contribution is -2.16. The number of pyridine rings is 1. The van der Waals surface area contributed by atoms with Crippen molar-refractivity contribution in [3.05, 3.63) is 77.7 Å². The van der Waals surface area contributed by atoms with Gasteiger partial charge in [0.1, 0.15) is 5.82 Å². The fourth-order valence-electron chi connectivity index (χ4n) is 3.27. The van der Waals surface area contributed by atoms with Crippen molar-refractivity contribution < 1.29 is 13.9 Å². The van der Waals surface area contributed by atoms with Gasteiger partial charge in [-0.25, -0.2) is 9.37 Å². The van der Waals surface area contributed by atoms with Crippen LogP contribution in [-0.2, 0) is 0 Å². The van der Waals surface area contributed by atoms with Gasteiger partial charge in [0.2, 0.25) is 0 Å². The molecule has 2 aromatic carbocycles. The standard InChI is InChI=1S/C21H17FN2O2/c1-26-18-9-5-8-15(19(18)22)20(25)17-12-24-21-16(17)10-14(11-23-21)13-6-3-2-4-7-13/h2-11,17H,12H2,1H3,(H,23,24). The van der Waals surface area contributed by atoms with Gasteiger partial charge in [0.15, 0.2) is 17.3 Å². The van der Waals surface area contributed by atoms with E-state index in [1.54, 1.807) is 12.3 Å². The van der Waals surface area contributed by atoms with Gasteiger partial charge in [-0.3, -0.25) is 4.79 Å². The highest BCUT2D eigenvalue weighted by atomic mass is 19.1. The number of Topliss-reactive ketones (excluding diaryl/α,β-unsaturated/α-hetero) is 1. The molecule has 26 heavy (non-hydrogen) atoms. The highest BCUT2D eigenvalue weighted by Gasteiger charge is 2.32. The molecule has 0 spiro atoms. The summed E-state index contributed by atoms with van der Waals surface area (Å²) < 4.78 is 19.5. The Balaban J connectivity index is 1.73. The van der Waals surface area contributed by atoms with Gasteiger partial charge in [0.05, 0.1) is 18.6 Å². The second-order valence-electron chi connectivity index (χ2n) is 6.15. The van der Waals surface area contributed by atoms with Crippen molar-refractivity contribution in [2.45, 2.75) is 5.92 Å². The van der Waals surface area contributed by atoms with Crippen LogP contribution in [0.15, 0.2) is 60.8 Å². The molecule has 1 aliphatic heterocycles. The summed E-state index contributed by atoms with van der Waals surface area (Å²) in [5.74, 6) is -0.646. The lowest BCUT2D eigenvalue weighted by Gasteiger charge is -2.12. The van der Waals surface area contributed by atoms with E-state index in [2.05, 4.69) is 10.3 Å². The van der Waals surface area contributed by atoms with Crippen LogP contribution in [-0.4, -0.2) is 24.4 Å². The fourth-order valence-corrected chi connectivity index (χ4v) is 3.27. The molecule has 1 N–H and O–H groups in total. The number of benzene rings is 2. The number of ether oxygens (including phenoxy) is 1. The number of methoxy groups -OCH3 is 1. The minimum atomic E-state index is -0.624. The predicted molar refractivity (Wildman–Crippen MR) is 98.2 cm³/mol. The molecule has 0 bridgehead atoms. The summed E-state index contributed by atoms with van der Waals surface area (Å²) in [6.07, 6.45) is 1.78. The molecule has 0 radical (unpaired) electrons. The van der Waals surface area contributed by atoms with Crippen LogP contribution < -0.4 is 10.1 Å². The number of carbonyl (C=O) groups is 1. The van der Waals surface area contributed by atoms with Gasteiger partial charge < -0.3 is 10.1 Å². The third kappa shape index (κ3) is 2.71. The van der Waals surface area contributed by atoms with E-state index in [1.807, 2.05) is 36.4 Å². The molecule has 4 rings (SSSR count). The number of anilines is 1. The van der Waals surface area contributed by atoms with Gasteiger partial charge in [-0.15, -0.1) is 0 Å². The molecule has 0 fully saturated rings. The van der Waals surface area contributed by atoms with Crippen LogP contribution in [0.2, 0.25) is 0 Å². The molecule has 5 heteroatoms. The van der Waals surface area contributed by atoms with E-state index >= 15 is 0 Å². The molecule has 0 saturated heterocycles. The highest BCUT2D eigenvalue weighted by molar-refractivity contribution is 6.03. The maximum atomic E-state index is 14.5. The van der Waals surface area contributed by atoms with Crippen molar-refractivity contribution >= 4 is 11.6 Å². The molecular formula is C21H17FN2O2. The SMILES string of the molecule is COc1cccc(C(=O)C2CNc3ncc(-c4ccccc4)cc32)c1F. The summed E-state index contributed by atoms with van der Waals surface area (Å²) in [7, 11) is 1.38. The molecule has 0 amide bonds. The molecular weight excluding hydrogens is 331 g/mol. The topological polar surface area (TPSA) is 51.2 Å². The Kier molecular flexibility index (Phi) is 4.13. The number of halogens is 1. The fraction of sp³-hybridized carbons (Fsp3) is 0.143. The maximum Gasteiger partial charge on any atom is 0.175 e. The van der Waals surface area contributed by atoms with E-state index in [1.165, 1.54) is 19.2 Å². The minimum absolute atomic E-state index is 0.0362. The third-order valence-corrected chi connectivity index (χ3v) is 4.64. The molecule has 0 aliphatic carbocycles. The molecule has 1 atom stereocenters. The zero-order valence-electron chi connectivity index (χ0n) is 14.2. The molecule has 1 unspecified atom stereocenters. The van der Waals surface area contributed by atoms with Gasteiger partial charge in [0.25, 0.3) is 0 Å². The predicted octanol–water partition coefficient (Wildman–Crippen LogP) is 4.29. The Morgan fingerprint density at radius 1 is 1.15 bits per heavy atom. The van der Waals surface area contributed by atoms with Crippen molar-refractivity contribution in [2.24, 2.45) is 0 Å². The zero-order chi connectivity index (χ0) is 18.1. The second-order valence-corrected chi connectivity index (χ2v) is 6.15. The monoisotopic (exact) mass is 348 g/mol. The number of nitrogens with one attached hydrogen (secondary N) is 1. The van der Waals surface area contributed by atoms with Gasteiger partial charge in [-0.2, -0.15) is 0 Å². The Hall–Kier alpha value is -3.21. The first-order chi connectivity index (χ1) is 12.7. The van der Waals surface area contributed by atoms with Crippen molar-refractivity contribution in [3.8, 4) is 16.9 Å². The van der Waals surface area contributed by atoms with E-state index in [4.69, 9.17) is 4.74 Å². The van der Waals surface area contributed by atoms with Crippen LogP contribution in [0.5, 0.6) is 5.75 Å². The van der Waals surface area contributed by atoms with Gasteiger partial charge in [0, 0.05) is 23.9 Å². The Morgan fingerprint density at radius 2 is 1.96 bits per heavy atom. The van der Waals surface area contributed by atoms with Crippen LogP contribution in [0.1, 0.15) is 21.8 Å². The molecule has 3 aromatic rings. The molecule has 1 aliphatic rings. The molecule has 0 saturated carbocycles. The van der Waals surface area contributed by atoms with Gasteiger partial charge in [-0.1, -0.05) is 36.4 Å². The number of fused-ring (bicyclic) bond motifs is 1. The second kappa shape index (κ2) is 6.59. The summed E-state index contributed by atoms with van der Waals surface area (Å²) in [5.41, 5.74) is 2.78. The average Bonchev–Trinajstić information content (AvgIpc) is 3.11. The molecule has 4 nitrogen and oxygen atoms in total. The molecule has 1 aromatic heterocycles. The Bertz CT molecular complexity index is 973. The third-order valence-electron chi connectivity index (χ3n) is 4.64. The van der Waals surface area contributed by atoms with Crippen LogP contribution >= 0.6 is 0 Å². The lowest BCUT2D eigenvalue weighted by atomic mass is 9.91. The van der Waals surface area contributed by atoms with E-state index in [0.29, 0.717) is 12.4 Å². The first-order valence-corrected chi connectivity index (χ1v) is 8.35. The number of hydrogen-bond acceptors (Lipinski definition) is 4. The van der Waals surface area contributed by atoms with Crippen molar-refractivity contribution in [1.29, 1.82) is 0 Å². The summed E-state index contributed by atoms with van der Waals surface area (Å²) in [5, 5.41) is 3.14. The summed E-state index contributed by atoms with van der Waals surface area (Å²) in [4.78, 5) is 17.4. The van der Waals surface area contributed by atoms with Crippen molar-refractivity contribution in [1.82, 2.24) is 4.98 Å². The lowest BCUT2D eigenvalue weighted by molar-refractivity contribution is 0.0961. The first kappa shape index (κ1) is 16.3. The van der Waals surface area contributed by atoms with Crippen molar-refractivity contribution in [3.63, 3.8) is 0 Å². The molecule has 130 valence electrons. The van der Waals surface area contributed by atoms with Gasteiger partial charge in [-0.05, 0) is 23.8 Å². The summed E-state index contributed by atoms with van der Waals surface area (Å²) in [6, 6.07) is 16.4. The summed E-state index contributed by atoms with van der Waals surface area (Å²) in [6.45, 7) is 0.399.